The van der Waals surface area contributed by atoms with E-state index in [2.05, 4.69) is 193 Å². The van der Waals surface area contributed by atoms with Crippen LogP contribution in [0, 0.1) is 0 Å². The largest absolute Gasteiger partial charge is 0.457 e. The molecule has 11 rings (SSSR count). The molecular weight excluding hydrogens is 663 g/mol. The van der Waals surface area contributed by atoms with Crippen LogP contribution < -0.4 is 25.2 Å². The van der Waals surface area contributed by atoms with Gasteiger partial charge in [0.25, 0.3) is 0 Å². The average molecular weight is 696 g/mol. The third-order valence-electron chi connectivity index (χ3n) is 11.3. The Morgan fingerprint density at radius 2 is 1.04 bits per heavy atom. The summed E-state index contributed by atoms with van der Waals surface area (Å²) in [5.74, 6) is 1.79. The first-order valence-electron chi connectivity index (χ1n) is 18.2. The van der Waals surface area contributed by atoms with Crippen LogP contribution in [0.5, 0.6) is 11.5 Å². The molecule has 3 heterocycles. The number of ether oxygens (including phenoxy) is 1. The SMILES string of the molecule is c1ccc(N(c2ccc3c(c2)C2(c4ccccc4Oc4ccccc42)c2ccccc2[SiH]3c2ccccc2)c2cccc3oc4ccccc4c23)cc1. The van der Waals surface area contributed by atoms with E-state index >= 15 is 0 Å². The van der Waals surface area contributed by atoms with Crippen LogP contribution >= 0.6 is 0 Å². The Bertz CT molecular complexity index is 2800. The van der Waals surface area contributed by atoms with Crippen molar-refractivity contribution in [3.8, 4) is 11.5 Å². The number of benzene rings is 8. The molecule has 2 aliphatic heterocycles. The molecule has 1 unspecified atom stereocenters. The lowest BCUT2D eigenvalue weighted by Gasteiger charge is -2.47. The molecule has 9 aromatic rings. The van der Waals surface area contributed by atoms with E-state index in [0.717, 1.165) is 50.5 Å². The molecule has 0 radical (unpaired) electrons. The molecule has 0 aliphatic carbocycles. The second-order valence-corrected chi connectivity index (χ2v) is 16.7. The molecule has 1 atom stereocenters. The van der Waals surface area contributed by atoms with Crippen molar-refractivity contribution in [2.24, 2.45) is 0 Å². The minimum Gasteiger partial charge on any atom is -0.457 e. The minimum atomic E-state index is -1.94. The highest BCUT2D eigenvalue weighted by Gasteiger charge is 2.51. The fourth-order valence-corrected chi connectivity index (χ4v) is 12.7. The van der Waals surface area contributed by atoms with Gasteiger partial charge >= 0.3 is 0 Å². The van der Waals surface area contributed by atoms with Gasteiger partial charge in [0.1, 0.15) is 31.5 Å². The molecule has 1 aromatic heterocycles. The molecule has 0 saturated heterocycles. The lowest BCUT2D eigenvalue weighted by molar-refractivity contribution is 0.435. The van der Waals surface area contributed by atoms with Gasteiger partial charge in [-0.2, -0.15) is 0 Å². The molecule has 0 fully saturated rings. The summed E-state index contributed by atoms with van der Waals surface area (Å²) in [4.78, 5) is 2.41. The van der Waals surface area contributed by atoms with E-state index in [1.165, 1.54) is 37.8 Å². The number of furan rings is 1. The highest BCUT2D eigenvalue weighted by molar-refractivity contribution is 6.96. The highest BCUT2D eigenvalue weighted by atomic mass is 28.3. The van der Waals surface area contributed by atoms with Crippen molar-refractivity contribution < 1.29 is 9.15 Å². The Morgan fingerprint density at radius 1 is 0.434 bits per heavy atom. The standard InChI is InChI=1S/C49H33NO2Si/c1-3-16-33(17-4-1)50(41-24-15-28-45-48(41)36-20-7-11-25-42(36)51-45)34-30-31-47-40(32-34)49(37-21-8-12-26-43(37)52-44-27-13-9-22-38(44)49)39-23-10-14-29-46(39)53(47)35-18-5-2-6-19-35/h1-32,53H. The van der Waals surface area contributed by atoms with E-state index in [9.17, 15) is 0 Å². The monoisotopic (exact) mass is 695 g/mol. The minimum absolute atomic E-state index is 0.609. The number of fused-ring (bicyclic) bond motifs is 11. The molecule has 4 heteroatoms. The topological polar surface area (TPSA) is 25.6 Å². The van der Waals surface area contributed by atoms with Gasteiger partial charge in [-0.1, -0.05) is 145 Å². The van der Waals surface area contributed by atoms with Crippen LogP contribution in [0.1, 0.15) is 22.3 Å². The summed E-state index contributed by atoms with van der Waals surface area (Å²) < 4.78 is 13.2. The molecule has 2 aliphatic rings. The first-order valence-corrected chi connectivity index (χ1v) is 19.9. The van der Waals surface area contributed by atoms with Gasteiger partial charge in [-0.3, -0.25) is 0 Å². The normalized spacial score (nSPS) is 14.9. The van der Waals surface area contributed by atoms with Crippen LogP contribution in [-0.2, 0) is 5.41 Å². The number of rotatable bonds is 4. The van der Waals surface area contributed by atoms with Crippen LogP contribution in [0.15, 0.2) is 199 Å². The maximum absolute atomic E-state index is 6.73. The van der Waals surface area contributed by atoms with Crippen molar-refractivity contribution in [1.82, 2.24) is 0 Å². The molecule has 0 saturated carbocycles. The first kappa shape index (κ1) is 30.0. The van der Waals surface area contributed by atoms with E-state index in [-0.39, 0.29) is 0 Å². The quantitative estimate of drug-likeness (QED) is 0.172. The predicted octanol–water partition coefficient (Wildman–Crippen LogP) is 10.1. The van der Waals surface area contributed by atoms with Gasteiger partial charge < -0.3 is 14.1 Å². The third-order valence-corrected chi connectivity index (χ3v) is 14.6. The molecule has 0 amide bonds. The molecule has 3 nitrogen and oxygen atoms in total. The lowest BCUT2D eigenvalue weighted by Crippen LogP contribution is -2.62. The first-order chi connectivity index (χ1) is 26.3. The Balaban J connectivity index is 1.27. The molecule has 8 aromatic carbocycles. The second kappa shape index (κ2) is 11.7. The fraction of sp³-hybridized carbons (Fsp3) is 0.0204. The molecular formula is C49H33NO2Si. The number of hydrogen-bond donors (Lipinski definition) is 0. The summed E-state index contributed by atoms with van der Waals surface area (Å²) in [6.45, 7) is 0. The van der Waals surface area contributed by atoms with Crippen molar-refractivity contribution in [2.45, 2.75) is 5.41 Å². The summed E-state index contributed by atoms with van der Waals surface area (Å²) in [5.41, 5.74) is 9.38. The average Bonchev–Trinajstić information content (AvgIpc) is 3.61. The van der Waals surface area contributed by atoms with Crippen molar-refractivity contribution in [2.75, 3.05) is 4.90 Å². The van der Waals surface area contributed by atoms with E-state index in [0.29, 0.717) is 0 Å². The summed E-state index contributed by atoms with van der Waals surface area (Å²) in [5, 5.41) is 6.48. The lowest BCUT2D eigenvalue weighted by atomic mass is 9.63. The van der Waals surface area contributed by atoms with Gasteiger partial charge in [0.15, 0.2) is 0 Å². The number of anilines is 3. The van der Waals surface area contributed by atoms with Crippen LogP contribution in [0.3, 0.4) is 0 Å². The predicted molar refractivity (Wildman–Crippen MR) is 219 cm³/mol. The van der Waals surface area contributed by atoms with Gasteiger partial charge in [0, 0.05) is 27.9 Å². The highest BCUT2D eigenvalue weighted by Crippen LogP contribution is 2.56. The van der Waals surface area contributed by atoms with E-state index in [1.807, 2.05) is 6.07 Å². The van der Waals surface area contributed by atoms with Crippen molar-refractivity contribution in [3.05, 3.63) is 216 Å². The molecule has 0 bridgehead atoms. The maximum atomic E-state index is 6.73. The molecule has 53 heavy (non-hydrogen) atoms. The number of nitrogens with zero attached hydrogens (tertiary/aromatic N) is 1. The summed E-state index contributed by atoms with van der Waals surface area (Å²) in [6.07, 6.45) is 0. The van der Waals surface area contributed by atoms with Gasteiger partial charge in [-0.25, -0.2) is 0 Å². The van der Waals surface area contributed by atoms with Crippen molar-refractivity contribution >= 4 is 63.4 Å². The van der Waals surface area contributed by atoms with Crippen molar-refractivity contribution in [3.63, 3.8) is 0 Å². The van der Waals surface area contributed by atoms with Crippen LogP contribution in [0.2, 0.25) is 0 Å². The van der Waals surface area contributed by atoms with Gasteiger partial charge in [0.2, 0.25) is 0 Å². The zero-order valence-electron chi connectivity index (χ0n) is 28.8. The Kier molecular flexibility index (Phi) is 6.64. The smallest absolute Gasteiger partial charge is 0.137 e. The van der Waals surface area contributed by atoms with Gasteiger partial charge in [0.05, 0.1) is 16.5 Å². The second-order valence-electron chi connectivity index (χ2n) is 14.0. The Labute approximate surface area is 309 Å². The third kappa shape index (κ3) is 4.33. The summed E-state index contributed by atoms with van der Waals surface area (Å²) in [6, 6.07) is 70.4. The summed E-state index contributed by atoms with van der Waals surface area (Å²) >= 11 is 0. The van der Waals surface area contributed by atoms with E-state index in [1.54, 1.807) is 0 Å². The molecule has 0 N–H and O–H groups in total. The summed E-state index contributed by atoms with van der Waals surface area (Å²) in [7, 11) is -1.94. The van der Waals surface area contributed by atoms with Crippen LogP contribution in [-0.4, -0.2) is 8.80 Å². The maximum Gasteiger partial charge on any atom is 0.137 e. The Morgan fingerprint density at radius 3 is 1.81 bits per heavy atom. The van der Waals surface area contributed by atoms with Crippen LogP contribution in [0.25, 0.3) is 21.9 Å². The number of hydrogen-bond acceptors (Lipinski definition) is 3. The van der Waals surface area contributed by atoms with E-state index in [4.69, 9.17) is 9.15 Å². The van der Waals surface area contributed by atoms with Crippen molar-refractivity contribution in [1.29, 1.82) is 0 Å². The zero-order chi connectivity index (χ0) is 34.9. The van der Waals surface area contributed by atoms with Gasteiger partial charge in [-0.05, 0) is 76.1 Å². The van der Waals surface area contributed by atoms with Gasteiger partial charge in [-0.15, -0.1) is 0 Å². The van der Waals surface area contributed by atoms with Crippen LogP contribution in [0.4, 0.5) is 17.1 Å². The van der Waals surface area contributed by atoms with E-state index < -0.39 is 14.2 Å². The molecule has 1 spiro atoms. The zero-order valence-corrected chi connectivity index (χ0v) is 30.0. The number of para-hydroxylation sites is 4. The molecule has 250 valence electrons. The Hall–Kier alpha value is -6.62. The fourth-order valence-electron chi connectivity index (χ4n) is 9.19.